The van der Waals surface area contributed by atoms with Gasteiger partial charge in [0.25, 0.3) is 0 Å². The molecule has 0 unspecified atom stereocenters. The Morgan fingerprint density at radius 2 is 1.67 bits per heavy atom. The minimum atomic E-state index is -0.854. The van der Waals surface area contributed by atoms with Gasteiger partial charge in [-0.1, -0.05) is 15.9 Å². The van der Waals surface area contributed by atoms with Gasteiger partial charge in [0.1, 0.15) is 4.32 Å². The second kappa shape index (κ2) is 1.90. The number of rotatable bonds is 0. The molecule has 0 aliphatic heterocycles. The fourth-order valence-electron chi connectivity index (χ4n) is 0.852. The average Bonchev–Trinajstić information content (AvgIpc) is 1.96. The Morgan fingerprint density at radius 3 is 1.78 bits per heavy atom. The molecule has 0 radical (unpaired) electrons. The monoisotopic (exact) mass is 190 g/mol. The van der Waals surface area contributed by atoms with E-state index in [1.54, 1.807) is 6.92 Å². The van der Waals surface area contributed by atoms with Crippen molar-refractivity contribution in [3.05, 3.63) is 0 Å². The second-order valence-electron chi connectivity index (χ2n) is 2.35. The van der Waals surface area contributed by atoms with Gasteiger partial charge in [-0.15, -0.1) is 0 Å². The third-order valence-corrected chi connectivity index (χ3v) is 2.51. The van der Waals surface area contributed by atoms with Gasteiger partial charge in [0.05, 0.1) is 0 Å². The SMILES string of the molecule is CC1(Br)C(=O)CCC1=O. The minimum Gasteiger partial charge on any atom is -0.298 e. The van der Waals surface area contributed by atoms with Gasteiger partial charge < -0.3 is 0 Å². The normalized spacial score (nSPS) is 25.1. The molecule has 0 saturated heterocycles. The summed E-state index contributed by atoms with van der Waals surface area (Å²) < 4.78 is -0.854. The van der Waals surface area contributed by atoms with Crippen LogP contribution >= 0.6 is 15.9 Å². The summed E-state index contributed by atoms with van der Waals surface area (Å²) in [7, 11) is 0. The third kappa shape index (κ3) is 0.936. The first-order valence-corrected chi connectivity index (χ1v) is 3.60. The van der Waals surface area contributed by atoms with Crippen LogP contribution in [0.2, 0.25) is 0 Å². The molecule has 9 heavy (non-hydrogen) atoms. The zero-order valence-electron chi connectivity index (χ0n) is 5.11. The maximum atomic E-state index is 10.8. The zero-order valence-corrected chi connectivity index (χ0v) is 6.69. The van der Waals surface area contributed by atoms with Gasteiger partial charge >= 0.3 is 0 Å². The van der Waals surface area contributed by atoms with Crippen molar-refractivity contribution in [2.45, 2.75) is 24.1 Å². The molecule has 0 spiro atoms. The topological polar surface area (TPSA) is 34.1 Å². The highest BCUT2D eigenvalue weighted by Gasteiger charge is 2.42. The van der Waals surface area contributed by atoms with E-state index in [0.717, 1.165) is 0 Å². The van der Waals surface area contributed by atoms with Crippen LogP contribution in [0.5, 0.6) is 0 Å². The summed E-state index contributed by atoms with van der Waals surface area (Å²) in [6, 6.07) is 0. The Balaban J connectivity index is 2.91. The molecule has 0 amide bonds. The maximum absolute atomic E-state index is 10.8. The van der Waals surface area contributed by atoms with Crippen LogP contribution in [0.25, 0.3) is 0 Å². The predicted molar refractivity (Wildman–Crippen MR) is 36.6 cm³/mol. The van der Waals surface area contributed by atoms with Gasteiger partial charge in [0.2, 0.25) is 0 Å². The summed E-state index contributed by atoms with van der Waals surface area (Å²) in [6.07, 6.45) is 0.807. The van der Waals surface area contributed by atoms with E-state index in [0.29, 0.717) is 12.8 Å². The zero-order chi connectivity index (χ0) is 7.07. The lowest BCUT2D eigenvalue weighted by molar-refractivity contribution is -0.124. The molecule has 1 aliphatic rings. The Morgan fingerprint density at radius 1 is 1.33 bits per heavy atom. The molecule has 1 aliphatic carbocycles. The molecule has 50 valence electrons. The molecular formula is C6H7BrO2. The number of alkyl halides is 1. The number of hydrogen-bond donors (Lipinski definition) is 0. The van der Waals surface area contributed by atoms with Crippen molar-refractivity contribution in [2.24, 2.45) is 0 Å². The summed E-state index contributed by atoms with van der Waals surface area (Å²) in [5.41, 5.74) is 0. The van der Waals surface area contributed by atoms with Crippen LogP contribution in [-0.2, 0) is 9.59 Å². The Bertz CT molecular complexity index is 154. The highest BCUT2D eigenvalue weighted by atomic mass is 79.9. The molecule has 2 nitrogen and oxygen atoms in total. The summed E-state index contributed by atoms with van der Waals surface area (Å²) in [6.45, 7) is 1.62. The molecule has 0 heterocycles. The van der Waals surface area contributed by atoms with Gasteiger partial charge in [0.15, 0.2) is 11.6 Å². The number of ketones is 2. The molecule has 0 bridgehead atoms. The Kier molecular flexibility index (Phi) is 1.47. The van der Waals surface area contributed by atoms with E-state index in [1.807, 2.05) is 0 Å². The number of halogens is 1. The summed E-state index contributed by atoms with van der Waals surface area (Å²) in [5, 5.41) is 0. The number of carbonyl (C=O) groups is 2. The van der Waals surface area contributed by atoms with Crippen molar-refractivity contribution in [1.29, 1.82) is 0 Å². The minimum absolute atomic E-state index is 0.00694. The van der Waals surface area contributed by atoms with E-state index in [1.165, 1.54) is 0 Å². The number of Topliss-reactive ketones (excluding diaryl/α,β-unsaturated/α-hetero) is 2. The van der Waals surface area contributed by atoms with Gasteiger partial charge in [-0.05, 0) is 6.92 Å². The average molecular weight is 191 g/mol. The quantitative estimate of drug-likeness (QED) is 0.424. The molecule has 0 aromatic carbocycles. The van der Waals surface area contributed by atoms with Crippen molar-refractivity contribution in [2.75, 3.05) is 0 Å². The van der Waals surface area contributed by atoms with Crippen LogP contribution in [0.4, 0.5) is 0 Å². The molecular weight excluding hydrogens is 184 g/mol. The van der Waals surface area contributed by atoms with E-state index in [9.17, 15) is 9.59 Å². The van der Waals surface area contributed by atoms with Gasteiger partial charge in [-0.3, -0.25) is 9.59 Å². The molecule has 0 atom stereocenters. The van der Waals surface area contributed by atoms with E-state index in [-0.39, 0.29) is 11.6 Å². The standard InChI is InChI=1S/C6H7BrO2/c1-6(7)4(8)2-3-5(6)9/h2-3H2,1H3. The van der Waals surface area contributed by atoms with Crippen LogP contribution in [-0.4, -0.2) is 15.9 Å². The Labute approximate surface area is 61.7 Å². The maximum Gasteiger partial charge on any atom is 0.157 e. The van der Waals surface area contributed by atoms with Gasteiger partial charge in [0, 0.05) is 12.8 Å². The van der Waals surface area contributed by atoms with Gasteiger partial charge in [-0.2, -0.15) is 0 Å². The molecule has 1 rings (SSSR count). The molecule has 1 saturated carbocycles. The van der Waals surface area contributed by atoms with Crippen molar-refractivity contribution in [3.8, 4) is 0 Å². The number of hydrogen-bond acceptors (Lipinski definition) is 2. The van der Waals surface area contributed by atoms with E-state index in [4.69, 9.17) is 0 Å². The highest BCUT2D eigenvalue weighted by molar-refractivity contribution is 9.10. The lowest BCUT2D eigenvalue weighted by Crippen LogP contribution is -2.28. The van der Waals surface area contributed by atoms with Crippen molar-refractivity contribution >= 4 is 27.5 Å². The van der Waals surface area contributed by atoms with E-state index >= 15 is 0 Å². The molecule has 3 heteroatoms. The molecule has 0 N–H and O–H groups in total. The lowest BCUT2D eigenvalue weighted by atomic mass is 10.1. The molecule has 0 aromatic rings. The highest BCUT2D eigenvalue weighted by Crippen LogP contribution is 2.30. The van der Waals surface area contributed by atoms with Gasteiger partial charge in [-0.25, -0.2) is 0 Å². The van der Waals surface area contributed by atoms with Crippen molar-refractivity contribution in [3.63, 3.8) is 0 Å². The van der Waals surface area contributed by atoms with E-state index in [2.05, 4.69) is 15.9 Å². The van der Waals surface area contributed by atoms with Crippen molar-refractivity contribution < 1.29 is 9.59 Å². The Hall–Kier alpha value is -0.180. The first-order valence-electron chi connectivity index (χ1n) is 2.80. The number of carbonyl (C=O) groups excluding carboxylic acids is 2. The summed E-state index contributed by atoms with van der Waals surface area (Å²) in [5.74, 6) is 0.0139. The van der Waals surface area contributed by atoms with Crippen LogP contribution in [0, 0.1) is 0 Å². The summed E-state index contributed by atoms with van der Waals surface area (Å²) >= 11 is 3.07. The van der Waals surface area contributed by atoms with Crippen LogP contribution in [0.15, 0.2) is 0 Å². The molecule has 0 aromatic heterocycles. The summed E-state index contributed by atoms with van der Waals surface area (Å²) in [4.78, 5) is 21.7. The largest absolute Gasteiger partial charge is 0.298 e. The first kappa shape index (κ1) is 6.93. The van der Waals surface area contributed by atoms with Crippen molar-refractivity contribution in [1.82, 2.24) is 0 Å². The fraction of sp³-hybridized carbons (Fsp3) is 0.667. The van der Waals surface area contributed by atoms with Crippen LogP contribution < -0.4 is 0 Å². The fourth-order valence-corrected chi connectivity index (χ4v) is 1.25. The third-order valence-electron chi connectivity index (χ3n) is 1.63. The predicted octanol–water partition coefficient (Wildman–Crippen LogP) is 1.07. The first-order chi connectivity index (χ1) is 4.05. The lowest BCUT2D eigenvalue weighted by Gasteiger charge is -2.08. The molecule has 1 fully saturated rings. The van der Waals surface area contributed by atoms with E-state index < -0.39 is 4.32 Å². The second-order valence-corrected chi connectivity index (χ2v) is 3.94. The van der Waals surface area contributed by atoms with Crippen LogP contribution in [0.1, 0.15) is 19.8 Å². The van der Waals surface area contributed by atoms with Crippen LogP contribution in [0.3, 0.4) is 0 Å². The smallest absolute Gasteiger partial charge is 0.157 e.